The molecule has 122 heavy (non-hydrogen) atoms. The first-order valence-electron chi connectivity index (χ1n) is 43.4. The van der Waals surface area contributed by atoms with Gasteiger partial charge < -0.3 is 18.3 Å². The molecule has 27 nitrogen and oxygen atoms in total. The van der Waals surface area contributed by atoms with Gasteiger partial charge in [0.1, 0.15) is 16.3 Å². The molecule has 0 amide bonds. The second kappa shape index (κ2) is 37.8. The zero-order chi connectivity index (χ0) is 83.6. The number of fused-ring (bicyclic) bond motifs is 4. The van der Waals surface area contributed by atoms with Crippen molar-refractivity contribution in [2.75, 3.05) is 58.1 Å². The van der Waals surface area contributed by atoms with Crippen molar-refractivity contribution < 1.29 is 33.7 Å². The lowest BCUT2D eigenvalue weighted by molar-refractivity contribution is 0.254. The zero-order valence-electron chi connectivity index (χ0n) is 68.9. The maximum absolute atomic E-state index is 13.0. The summed E-state index contributed by atoms with van der Waals surface area (Å²) in [6.07, 6.45) is 41.5. The molecule has 13 heterocycles. The van der Waals surface area contributed by atoms with Crippen LogP contribution in [0, 0.1) is 29.6 Å². The number of nitrogens with zero attached hydrogens (tertiary/aromatic N) is 15. The molecule has 0 radical (unpaired) electrons. The van der Waals surface area contributed by atoms with Gasteiger partial charge in [0.15, 0.2) is 0 Å². The van der Waals surface area contributed by atoms with Crippen LogP contribution in [0.5, 0.6) is 0 Å². The summed E-state index contributed by atoms with van der Waals surface area (Å²) in [4.78, 5) is 4.59. The highest BCUT2D eigenvalue weighted by Gasteiger charge is 2.37. The third-order valence-corrected chi connectivity index (χ3v) is 34.3. The fourth-order valence-corrected chi connectivity index (χ4v) is 26.1. The molecule has 20 rings (SSSR count). The monoisotopic (exact) mass is 1720 g/mol. The van der Waals surface area contributed by atoms with Gasteiger partial charge in [-0.2, -0.15) is 49.6 Å². The summed E-state index contributed by atoms with van der Waals surface area (Å²) in [6, 6.07) is 46.2. The highest BCUT2D eigenvalue weighted by Crippen LogP contribution is 2.37. The predicted octanol–water partition coefficient (Wildman–Crippen LogP) is 15.9. The molecule has 2 unspecified atom stereocenters. The van der Waals surface area contributed by atoms with Gasteiger partial charge in [-0.3, -0.25) is 15.2 Å². The van der Waals surface area contributed by atoms with Gasteiger partial charge in [-0.25, -0.2) is 42.3 Å². The number of hydrogen-bond acceptors (Lipinski definition) is 15. The van der Waals surface area contributed by atoms with E-state index < -0.39 is 40.1 Å². The Kier molecular flexibility index (Phi) is 26.1. The number of aromatic amines is 4. The van der Waals surface area contributed by atoms with Gasteiger partial charge in [0, 0.05) is 194 Å². The minimum Gasteiger partial charge on any atom is -0.347 e. The average molecular weight is 1730 g/mol. The highest BCUT2D eigenvalue weighted by atomic mass is 32.2. The molecule has 4 aliphatic heterocycles. The van der Waals surface area contributed by atoms with E-state index in [0.29, 0.717) is 92.6 Å². The Morgan fingerprint density at radius 3 is 1.15 bits per heavy atom. The molecule has 4 N–H and O–H groups in total. The Balaban J connectivity index is 0.000000116. The Morgan fingerprint density at radius 1 is 0.328 bits per heavy atom. The SMILES string of the molecule is O=S(=O)(C1CCCC1)N1CCCC(Cn2ccc3cc(-c4cn[nH]c4)ccc32)CC1.O=S(=O)(CC1CCCCC1)N1CCCC(Cn2ccc3cc(-c4cn[nH]c4)ccc32)CC1.O=S(=O)(c1ccccc1)N1CCC(Cn2ccc3cc(-c4cn[nH]n4)ccc32)CC1.O=S(=O)(c1cccnc1)N1CCC(Cn2ccc3cc(-c4cn[nH]n4)ccc32)CC1. The van der Waals surface area contributed by atoms with Crippen molar-refractivity contribution in [3.63, 3.8) is 0 Å². The smallest absolute Gasteiger partial charge is 0.244 e. The molecule has 2 atom stereocenters. The fourth-order valence-electron chi connectivity index (χ4n) is 19.1. The van der Waals surface area contributed by atoms with Gasteiger partial charge in [0.25, 0.3) is 0 Å². The summed E-state index contributed by atoms with van der Waals surface area (Å²) < 4.78 is 119. The van der Waals surface area contributed by atoms with E-state index in [0.717, 1.165) is 179 Å². The Morgan fingerprint density at radius 2 is 0.721 bits per heavy atom. The Labute approximate surface area is 713 Å². The lowest BCUT2D eigenvalue weighted by Crippen LogP contribution is -2.39. The van der Waals surface area contributed by atoms with Crippen molar-refractivity contribution in [2.24, 2.45) is 29.6 Å². The predicted molar refractivity (Wildman–Crippen MR) is 477 cm³/mol. The molecule has 4 saturated heterocycles. The van der Waals surface area contributed by atoms with Crippen LogP contribution in [-0.4, -0.2) is 189 Å². The molecular formula is C91H109N19O8S4. The zero-order valence-corrected chi connectivity index (χ0v) is 72.2. The standard InChI is InChI=1S/C25H34N4O2S.C23H30N4O2S.C22H23N5O2S.C21H22N6O2S/c30-32(31,19-21-5-2-1-3-6-21)29-12-4-7-20(10-14-29)18-28-13-11-23-15-22(8-9-25(23)28)24-16-26-27-17-24;28-30(29,22-5-1-2-6-22)27-11-3-4-18(9-13-27)17-26-12-10-20-14-19(7-8-23(20)26)21-15-24-25-16-21;28-30(29,20-4-2-1-3-5-20)27-12-8-17(9-13-27)16-26-11-10-19-14-18(6-7-22(19)26)21-15-23-25-24-21;28-30(29,19-2-1-8-22-13-19)27-10-5-16(6-11-27)15-26-9-7-18-12-17(3-4-21(18)26)20-14-23-25-24-20/h8-9,11,13,15-17,20-21H,1-7,10,12,14,18-19H2,(H,26,27);7-8,10,12,14-16,18,22H,1-6,9,11,13,17H2,(H,24,25);1-7,10-11,14-15,17H,8-9,12-13,16H2,(H,23,24,25);1-4,7-9,12-14,16H,5-6,10-11,15H2,(H,23,24,25). The molecule has 5 aromatic carbocycles. The number of H-pyrrole nitrogens is 4. The van der Waals surface area contributed by atoms with Crippen molar-refractivity contribution in [3.8, 4) is 44.8 Å². The van der Waals surface area contributed by atoms with Crippen LogP contribution in [0.3, 0.4) is 0 Å². The van der Waals surface area contributed by atoms with E-state index in [1.807, 2.05) is 30.9 Å². The van der Waals surface area contributed by atoms with Gasteiger partial charge in [-0.05, 0) is 228 Å². The van der Waals surface area contributed by atoms with Gasteiger partial charge in [-0.15, -0.1) is 0 Å². The number of piperidine rings is 2. The van der Waals surface area contributed by atoms with Crippen LogP contribution in [0.25, 0.3) is 88.4 Å². The lowest BCUT2D eigenvalue weighted by atomic mass is 9.91. The molecule has 6 aliphatic rings. The number of sulfonamides is 4. The molecule has 6 fully saturated rings. The van der Waals surface area contributed by atoms with Gasteiger partial charge in [0.05, 0.1) is 40.7 Å². The number of nitrogens with one attached hydrogen (secondary N) is 4. The van der Waals surface area contributed by atoms with Crippen LogP contribution in [0.15, 0.2) is 224 Å². The van der Waals surface area contributed by atoms with Crippen LogP contribution in [-0.2, 0) is 66.3 Å². The summed E-state index contributed by atoms with van der Waals surface area (Å²) in [7, 11) is -13.1. The van der Waals surface area contributed by atoms with E-state index in [4.69, 9.17) is 0 Å². The van der Waals surface area contributed by atoms with Gasteiger partial charge in [-0.1, -0.05) is 74.6 Å². The summed E-state index contributed by atoms with van der Waals surface area (Å²) in [6.45, 7) is 8.61. The van der Waals surface area contributed by atoms with Gasteiger partial charge >= 0.3 is 0 Å². The molecule has 2 aliphatic carbocycles. The van der Waals surface area contributed by atoms with Crippen molar-refractivity contribution in [1.82, 2.24) is 91.7 Å². The van der Waals surface area contributed by atoms with Crippen LogP contribution in [0.1, 0.15) is 122 Å². The van der Waals surface area contributed by atoms with Crippen LogP contribution in [0.4, 0.5) is 0 Å². The molecule has 640 valence electrons. The van der Waals surface area contributed by atoms with E-state index in [1.54, 1.807) is 72.2 Å². The largest absolute Gasteiger partial charge is 0.347 e. The summed E-state index contributed by atoms with van der Waals surface area (Å²) in [5, 5.41) is 39.8. The van der Waals surface area contributed by atoms with E-state index in [9.17, 15) is 33.7 Å². The fraction of sp³-hybridized carbons (Fsp3) is 0.418. The summed E-state index contributed by atoms with van der Waals surface area (Å²) in [5.74, 6) is 2.64. The van der Waals surface area contributed by atoms with E-state index >= 15 is 0 Å². The van der Waals surface area contributed by atoms with Crippen LogP contribution >= 0.6 is 0 Å². The normalized spacial score (nSPS) is 19.1. The molecule has 31 heteroatoms. The number of hydrogen-bond donors (Lipinski definition) is 4. The van der Waals surface area contributed by atoms with E-state index in [1.165, 1.54) is 63.7 Å². The van der Waals surface area contributed by atoms with Crippen LogP contribution in [0.2, 0.25) is 0 Å². The highest BCUT2D eigenvalue weighted by molar-refractivity contribution is 7.90. The Bertz CT molecular complexity index is 6030. The first kappa shape index (κ1) is 84.0. The van der Waals surface area contributed by atoms with Crippen molar-refractivity contribution in [1.29, 1.82) is 0 Å². The summed E-state index contributed by atoms with van der Waals surface area (Å²) in [5.41, 5.74) is 13.1. The summed E-state index contributed by atoms with van der Waals surface area (Å²) >= 11 is 0. The van der Waals surface area contributed by atoms with Crippen molar-refractivity contribution in [3.05, 3.63) is 214 Å². The number of aromatic nitrogens is 15. The molecule has 14 aromatic rings. The van der Waals surface area contributed by atoms with E-state index in [2.05, 4.69) is 196 Å². The second-order valence-corrected chi connectivity index (χ2v) is 42.1. The molecule has 9 aromatic heterocycles. The molecule has 0 bridgehead atoms. The van der Waals surface area contributed by atoms with Crippen molar-refractivity contribution in [2.45, 2.75) is 163 Å². The third kappa shape index (κ3) is 19.5. The maximum Gasteiger partial charge on any atom is 0.244 e. The number of rotatable bonds is 21. The topological polar surface area (TPSA) is 323 Å². The second-order valence-electron chi connectivity index (χ2n) is 34.0. The first-order chi connectivity index (χ1) is 59.4. The molecule has 0 spiro atoms. The molecular weight excluding hydrogens is 1620 g/mol. The van der Waals surface area contributed by atoms with Crippen LogP contribution < -0.4 is 0 Å². The first-order valence-corrected chi connectivity index (χ1v) is 49.4. The third-order valence-electron chi connectivity index (χ3n) is 26.0. The lowest BCUT2D eigenvalue weighted by Gasteiger charge is -2.31. The number of benzene rings is 5. The van der Waals surface area contributed by atoms with Crippen molar-refractivity contribution >= 4 is 83.7 Å². The van der Waals surface area contributed by atoms with E-state index in [-0.39, 0.29) is 10.1 Å². The quantitative estimate of drug-likeness (QED) is 0.0519. The minimum absolute atomic E-state index is 0.133. The van der Waals surface area contributed by atoms with Gasteiger partial charge in [0.2, 0.25) is 40.1 Å². The molecule has 2 saturated carbocycles. The number of pyridine rings is 1. The minimum atomic E-state index is -3.46. The Hall–Kier alpha value is -10.3. The average Bonchev–Trinajstić information content (AvgIpc) is 1.69. The maximum atomic E-state index is 13.0.